The topological polar surface area (TPSA) is 9.23 Å². The first-order valence-corrected chi connectivity index (χ1v) is 8.27. The number of ether oxygens (including phenoxy) is 1. The molecule has 17 heavy (non-hydrogen) atoms. The van der Waals surface area contributed by atoms with Gasteiger partial charge in [-0.1, -0.05) is 19.8 Å². The normalized spacial score (nSPS) is 30.1. The van der Waals surface area contributed by atoms with E-state index in [2.05, 4.69) is 24.9 Å². The molecular weight excluding hydrogens is 228 g/mol. The maximum atomic E-state index is 5.92. The Morgan fingerprint density at radius 2 is 2.00 bits per heavy atom. The SMILES string of the molecule is CCC1(COC=C2CCCC2)CCCCCS1. The second-order valence-corrected chi connectivity index (χ2v) is 7.05. The van der Waals surface area contributed by atoms with Gasteiger partial charge in [0.2, 0.25) is 0 Å². The fourth-order valence-electron chi connectivity index (χ4n) is 2.84. The molecule has 0 spiro atoms. The summed E-state index contributed by atoms with van der Waals surface area (Å²) in [4.78, 5) is 0. The lowest BCUT2D eigenvalue weighted by Gasteiger charge is -2.30. The van der Waals surface area contributed by atoms with Crippen LogP contribution in [0.1, 0.15) is 64.7 Å². The fraction of sp³-hybridized carbons (Fsp3) is 0.867. The highest BCUT2D eigenvalue weighted by Gasteiger charge is 2.30. The highest BCUT2D eigenvalue weighted by molar-refractivity contribution is 8.00. The summed E-state index contributed by atoms with van der Waals surface area (Å²) in [6, 6.07) is 0. The Labute approximate surface area is 110 Å². The van der Waals surface area contributed by atoms with Crippen LogP contribution < -0.4 is 0 Å². The van der Waals surface area contributed by atoms with Crippen LogP contribution in [0.2, 0.25) is 0 Å². The van der Waals surface area contributed by atoms with Crippen LogP contribution in [-0.2, 0) is 4.74 Å². The first kappa shape index (κ1) is 13.3. The average molecular weight is 254 g/mol. The summed E-state index contributed by atoms with van der Waals surface area (Å²) in [5.41, 5.74) is 1.54. The molecule has 0 N–H and O–H groups in total. The predicted molar refractivity (Wildman–Crippen MR) is 76.5 cm³/mol. The van der Waals surface area contributed by atoms with Crippen molar-refractivity contribution in [3.05, 3.63) is 11.8 Å². The fourth-order valence-corrected chi connectivity index (χ4v) is 4.27. The zero-order valence-electron chi connectivity index (χ0n) is 11.2. The molecule has 2 fully saturated rings. The summed E-state index contributed by atoms with van der Waals surface area (Å²) in [5, 5.41) is 0. The van der Waals surface area contributed by atoms with Crippen molar-refractivity contribution in [1.29, 1.82) is 0 Å². The monoisotopic (exact) mass is 254 g/mol. The van der Waals surface area contributed by atoms with Gasteiger partial charge in [-0.25, -0.2) is 0 Å². The number of hydrogen-bond donors (Lipinski definition) is 0. The molecule has 1 saturated carbocycles. The van der Waals surface area contributed by atoms with Crippen molar-refractivity contribution in [2.24, 2.45) is 0 Å². The maximum absolute atomic E-state index is 5.92. The van der Waals surface area contributed by atoms with Crippen LogP contribution in [-0.4, -0.2) is 17.1 Å². The van der Waals surface area contributed by atoms with Gasteiger partial charge in [0.1, 0.15) is 6.61 Å². The third-order valence-electron chi connectivity index (χ3n) is 4.17. The Morgan fingerprint density at radius 1 is 1.18 bits per heavy atom. The molecule has 2 rings (SSSR count). The molecule has 0 aromatic heterocycles. The van der Waals surface area contributed by atoms with Crippen molar-refractivity contribution in [1.82, 2.24) is 0 Å². The summed E-state index contributed by atoms with van der Waals surface area (Å²) in [5.74, 6) is 1.33. The third-order valence-corrected chi connectivity index (χ3v) is 5.89. The molecule has 1 unspecified atom stereocenters. The number of allylic oxidation sites excluding steroid dienone is 1. The van der Waals surface area contributed by atoms with Gasteiger partial charge in [-0.15, -0.1) is 0 Å². The van der Waals surface area contributed by atoms with E-state index in [1.54, 1.807) is 0 Å². The van der Waals surface area contributed by atoms with Crippen LogP contribution >= 0.6 is 11.8 Å². The average Bonchev–Trinajstić information content (AvgIpc) is 2.75. The highest BCUT2D eigenvalue weighted by Crippen LogP contribution is 2.38. The van der Waals surface area contributed by atoms with E-state index in [1.165, 1.54) is 69.1 Å². The van der Waals surface area contributed by atoms with Crippen LogP contribution in [0.5, 0.6) is 0 Å². The molecule has 0 aromatic carbocycles. The first-order valence-electron chi connectivity index (χ1n) is 7.28. The number of hydrogen-bond acceptors (Lipinski definition) is 2. The smallest absolute Gasteiger partial charge is 0.102 e. The number of rotatable bonds is 4. The van der Waals surface area contributed by atoms with E-state index < -0.39 is 0 Å². The molecule has 0 amide bonds. The Kier molecular flexibility index (Phi) is 5.27. The molecule has 98 valence electrons. The van der Waals surface area contributed by atoms with Crippen LogP contribution in [0.4, 0.5) is 0 Å². The zero-order chi connectivity index (χ0) is 12.0. The molecular formula is C15H26OS. The van der Waals surface area contributed by atoms with E-state index in [-0.39, 0.29) is 0 Å². The lowest BCUT2D eigenvalue weighted by molar-refractivity contribution is 0.200. The molecule has 1 heterocycles. The quantitative estimate of drug-likeness (QED) is 0.659. The molecule has 1 nitrogen and oxygen atoms in total. The molecule has 0 aromatic rings. The van der Waals surface area contributed by atoms with Crippen molar-refractivity contribution in [2.45, 2.75) is 69.5 Å². The molecule has 1 atom stereocenters. The zero-order valence-corrected chi connectivity index (χ0v) is 12.0. The van der Waals surface area contributed by atoms with Crippen LogP contribution in [0.15, 0.2) is 11.8 Å². The second-order valence-electron chi connectivity index (χ2n) is 5.49. The van der Waals surface area contributed by atoms with E-state index in [0.29, 0.717) is 4.75 Å². The van der Waals surface area contributed by atoms with Gasteiger partial charge in [0, 0.05) is 4.75 Å². The first-order chi connectivity index (χ1) is 8.35. The number of thioether (sulfide) groups is 1. The van der Waals surface area contributed by atoms with Crippen molar-refractivity contribution in [2.75, 3.05) is 12.4 Å². The van der Waals surface area contributed by atoms with Crippen molar-refractivity contribution >= 4 is 11.8 Å². The molecule has 0 bridgehead atoms. The minimum Gasteiger partial charge on any atom is -0.500 e. The summed E-state index contributed by atoms with van der Waals surface area (Å²) in [7, 11) is 0. The van der Waals surface area contributed by atoms with E-state index in [1.807, 2.05) is 0 Å². The second kappa shape index (κ2) is 6.72. The van der Waals surface area contributed by atoms with Gasteiger partial charge in [0.05, 0.1) is 6.26 Å². The lowest BCUT2D eigenvalue weighted by atomic mass is 9.99. The van der Waals surface area contributed by atoms with Crippen LogP contribution in [0.3, 0.4) is 0 Å². The Bertz CT molecular complexity index is 244. The van der Waals surface area contributed by atoms with E-state index in [0.717, 1.165) is 6.61 Å². The van der Waals surface area contributed by atoms with Gasteiger partial charge in [-0.3, -0.25) is 0 Å². The lowest BCUT2D eigenvalue weighted by Crippen LogP contribution is -2.29. The Balaban J connectivity index is 1.82. The summed E-state index contributed by atoms with van der Waals surface area (Å²) >= 11 is 2.16. The van der Waals surface area contributed by atoms with E-state index in [9.17, 15) is 0 Å². The standard InChI is InChI=1S/C15H26OS/c1-2-15(10-6-3-7-11-17-15)13-16-12-14-8-4-5-9-14/h12H,2-11,13H2,1H3. The summed E-state index contributed by atoms with van der Waals surface area (Å²) in [6.07, 6.45) is 14.1. The van der Waals surface area contributed by atoms with Crippen LogP contribution in [0, 0.1) is 0 Å². The molecule has 0 radical (unpaired) electrons. The minimum absolute atomic E-state index is 0.409. The van der Waals surface area contributed by atoms with Gasteiger partial charge < -0.3 is 4.74 Å². The molecule has 1 aliphatic carbocycles. The third kappa shape index (κ3) is 3.94. The Morgan fingerprint density at radius 3 is 2.76 bits per heavy atom. The summed E-state index contributed by atoms with van der Waals surface area (Å²) in [6.45, 7) is 3.25. The van der Waals surface area contributed by atoms with E-state index >= 15 is 0 Å². The van der Waals surface area contributed by atoms with E-state index in [4.69, 9.17) is 4.74 Å². The van der Waals surface area contributed by atoms with Crippen molar-refractivity contribution < 1.29 is 4.74 Å². The molecule has 1 saturated heterocycles. The van der Waals surface area contributed by atoms with Gasteiger partial charge >= 0.3 is 0 Å². The minimum atomic E-state index is 0.409. The van der Waals surface area contributed by atoms with Crippen molar-refractivity contribution in [3.63, 3.8) is 0 Å². The maximum Gasteiger partial charge on any atom is 0.102 e. The van der Waals surface area contributed by atoms with Crippen LogP contribution in [0.25, 0.3) is 0 Å². The van der Waals surface area contributed by atoms with Gasteiger partial charge in [-0.2, -0.15) is 11.8 Å². The summed E-state index contributed by atoms with van der Waals surface area (Å²) < 4.78 is 6.33. The molecule has 2 aliphatic rings. The van der Waals surface area contributed by atoms with Gasteiger partial charge in [0.25, 0.3) is 0 Å². The molecule has 1 aliphatic heterocycles. The highest BCUT2D eigenvalue weighted by atomic mass is 32.2. The van der Waals surface area contributed by atoms with Crippen molar-refractivity contribution in [3.8, 4) is 0 Å². The molecule has 2 heteroatoms. The largest absolute Gasteiger partial charge is 0.500 e. The van der Waals surface area contributed by atoms with Gasteiger partial charge in [0.15, 0.2) is 0 Å². The Hall–Kier alpha value is -0.110. The predicted octanol–water partition coefficient (Wildman–Crippen LogP) is 4.92. The van der Waals surface area contributed by atoms with Gasteiger partial charge in [-0.05, 0) is 56.3 Å².